The van der Waals surface area contributed by atoms with Gasteiger partial charge >= 0.3 is 15.2 Å². The van der Waals surface area contributed by atoms with Crippen LogP contribution in [0.15, 0.2) is 44.3 Å². The van der Waals surface area contributed by atoms with Crippen molar-refractivity contribution >= 4 is 39.0 Å². The molecule has 0 heterocycles. The van der Waals surface area contributed by atoms with Crippen LogP contribution in [0.1, 0.15) is 123 Å². The molecule has 0 rings (SSSR count). The minimum atomic E-state index is -3.46. The zero-order valence-electron chi connectivity index (χ0n) is 40.3. The van der Waals surface area contributed by atoms with Gasteiger partial charge in [-0.1, -0.05) is 63.8 Å². The molecule has 0 aromatic carbocycles. The molecule has 20 nitrogen and oxygen atoms in total. The van der Waals surface area contributed by atoms with Crippen LogP contribution in [0, 0.1) is 0 Å². The topological polar surface area (TPSA) is 335 Å². The fourth-order valence-corrected chi connectivity index (χ4v) is 9.65. The Morgan fingerprint density at radius 3 is 1.02 bits per heavy atom. The standard InChI is InChI=1S/C43H92N14O6P2/c1-3-5-7-9-11-13-16-34-60-64(58,38-32-56(28-20-24-52-40(44)45)29-21-25-53-41(46)47)62-36-18-15-19-37-63-65(59,61-35-17-14-12-10-8-6-4-2)39-33-57(30-22-26-54-42(48)49)31-23-27-55-43(50)51/h11-14H,3-10,15-39H2,1-2H3,(H4,44,45,52)(H4,46,47,53)(H4,48,49,54)(H4,50,51,55)/b13-11-,14-12-. The molecule has 0 radical (unpaired) electrons. The van der Waals surface area contributed by atoms with Gasteiger partial charge in [0.1, 0.15) is 0 Å². The van der Waals surface area contributed by atoms with Crippen molar-refractivity contribution in [1.29, 1.82) is 0 Å². The van der Waals surface area contributed by atoms with Crippen LogP contribution in [-0.2, 0) is 27.2 Å². The summed E-state index contributed by atoms with van der Waals surface area (Å²) < 4.78 is 52.6. The Morgan fingerprint density at radius 2 is 0.708 bits per heavy atom. The van der Waals surface area contributed by atoms with Crippen molar-refractivity contribution in [2.24, 2.45) is 65.8 Å². The van der Waals surface area contributed by atoms with E-state index in [0.717, 1.165) is 25.7 Å². The number of nitrogens with zero attached hydrogens (tertiary/aromatic N) is 6. The van der Waals surface area contributed by atoms with Gasteiger partial charge in [0, 0.05) is 39.3 Å². The number of hydrogen-bond acceptors (Lipinski definition) is 12. The number of rotatable bonds is 46. The SMILES string of the molecule is CCCCC/C=C\CCOP(=O)(CCN(CCCN=C(N)N)CCCN=C(N)N)OCCCCCOP(=O)(CCN(CCCN=C(N)N)CCCN=C(N)N)OCC/C=C\CCCCC. The van der Waals surface area contributed by atoms with Crippen LogP contribution in [0.2, 0.25) is 0 Å². The molecule has 0 aliphatic heterocycles. The van der Waals surface area contributed by atoms with Gasteiger partial charge < -0.3 is 73.8 Å². The second kappa shape index (κ2) is 42.2. The molecule has 0 aromatic rings. The minimum Gasteiger partial charge on any atom is -0.370 e. The fraction of sp³-hybridized carbons (Fsp3) is 0.814. The predicted molar refractivity (Wildman–Crippen MR) is 272 cm³/mol. The fourth-order valence-electron chi connectivity index (χ4n) is 6.34. The van der Waals surface area contributed by atoms with E-state index in [1.165, 1.54) is 25.7 Å². The molecule has 22 heteroatoms. The van der Waals surface area contributed by atoms with Crippen LogP contribution in [0.5, 0.6) is 0 Å². The maximum absolute atomic E-state index is 14.2. The zero-order valence-corrected chi connectivity index (χ0v) is 42.1. The van der Waals surface area contributed by atoms with Gasteiger partial charge in [-0.15, -0.1) is 0 Å². The summed E-state index contributed by atoms with van der Waals surface area (Å²) in [5, 5.41) is 0. The highest BCUT2D eigenvalue weighted by molar-refractivity contribution is 7.54. The maximum atomic E-state index is 14.2. The van der Waals surface area contributed by atoms with Crippen LogP contribution in [0.4, 0.5) is 0 Å². The Labute approximate surface area is 392 Å². The largest absolute Gasteiger partial charge is 0.370 e. The highest BCUT2D eigenvalue weighted by Gasteiger charge is 2.27. The van der Waals surface area contributed by atoms with Crippen molar-refractivity contribution < 1.29 is 27.2 Å². The monoisotopic (exact) mass is 963 g/mol. The maximum Gasteiger partial charge on any atom is 0.331 e. The molecular formula is C43H92N14O6P2. The third-order valence-corrected chi connectivity index (χ3v) is 13.7. The summed E-state index contributed by atoms with van der Waals surface area (Å²) in [6.07, 6.45) is 24.0. The first-order valence-corrected chi connectivity index (χ1v) is 27.4. The summed E-state index contributed by atoms with van der Waals surface area (Å²) >= 11 is 0. The molecular weight excluding hydrogens is 871 g/mol. The lowest BCUT2D eigenvalue weighted by Gasteiger charge is -2.25. The Balaban J connectivity index is 5.60. The average molecular weight is 963 g/mol. The Morgan fingerprint density at radius 1 is 0.400 bits per heavy atom. The molecule has 16 N–H and O–H groups in total. The first-order valence-electron chi connectivity index (χ1n) is 24.0. The van der Waals surface area contributed by atoms with E-state index in [9.17, 15) is 9.13 Å². The van der Waals surface area contributed by atoms with Crippen molar-refractivity contribution in [3.05, 3.63) is 24.3 Å². The minimum absolute atomic E-state index is 0.0451. The number of nitrogens with two attached hydrogens (primary N) is 8. The average Bonchev–Trinajstić information content (AvgIpc) is 3.25. The lowest BCUT2D eigenvalue weighted by Crippen LogP contribution is -2.31. The van der Waals surface area contributed by atoms with E-state index >= 15 is 0 Å². The third-order valence-electron chi connectivity index (χ3n) is 9.88. The van der Waals surface area contributed by atoms with Crippen molar-refractivity contribution in [3.8, 4) is 0 Å². The van der Waals surface area contributed by atoms with Gasteiger partial charge in [0.2, 0.25) is 0 Å². The normalized spacial score (nSPS) is 13.6. The van der Waals surface area contributed by atoms with E-state index in [2.05, 4.69) is 67.9 Å². The molecule has 0 aromatic heterocycles. The van der Waals surface area contributed by atoms with Crippen molar-refractivity contribution in [1.82, 2.24) is 9.80 Å². The van der Waals surface area contributed by atoms with Crippen LogP contribution < -0.4 is 45.9 Å². The number of hydrogen-bond donors (Lipinski definition) is 8. The van der Waals surface area contributed by atoms with Crippen molar-refractivity contribution in [2.45, 2.75) is 123 Å². The number of aliphatic imine (C=N–C) groups is 4. The molecule has 380 valence electrons. The summed E-state index contributed by atoms with van der Waals surface area (Å²) in [5.41, 5.74) is 44.2. The summed E-state index contributed by atoms with van der Waals surface area (Å²) in [5.74, 6) is 0.180. The summed E-state index contributed by atoms with van der Waals surface area (Å²) in [4.78, 5) is 20.7. The van der Waals surface area contributed by atoms with Gasteiger partial charge in [-0.2, -0.15) is 0 Å². The second-order valence-electron chi connectivity index (χ2n) is 15.9. The Kier molecular flexibility index (Phi) is 40.1. The van der Waals surface area contributed by atoms with Crippen molar-refractivity contribution in [2.75, 3.05) is 104 Å². The van der Waals surface area contributed by atoms with E-state index in [1.807, 2.05) is 0 Å². The van der Waals surface area contributed by atoms with Gasteiger partial charge in [0.25, 0.3) is 0 Å². The highest BCUT2D eigenvalue weighted by Crippen LogP contribution is 2.49. The summed E-state index contributed by atoms with van der Waals surface area (Å²) in [6, 6.07) is 0. The van der Waals surface area contributed by atoms with Gasteiger partial charge in [0.05, 0.1) is 38.8 Å². The van der Waals surface area contributed by atoms with E-state index in [4.69, 9.17) is 64.0 Å². The Hall–Kier alpha value is -3.22. The molecule has 0 aliphatic rings. The van der Waals surface area contributed by atoms with Crippen LogP contribution in [0.3, 0.4) is 0 Å². The quantitative estimate of drug-likeness (QED) is 0.0132. The van der Waals surface area contributed by atoms with Gasteiger partial charge in [-0.3, -0.25) is 29.1 Å². The van der Waals surface area contributed by atoms with Crippen LogP contribution in [0.25, 0.3) is 0 Å². The van der Waals surface area contributed by atoms with E-state index in [-0.39, 0.29) is 62.6 Å². The molecule has 65 heavy (non-hydrogen) atoms. The summed E-state index contributed by atoms with van der Waals surface area (Å²) in [6.45, 7) is 11.0. The lowest BCUT2D eigenvalue weighted by atomic mass is 10.2. The van der Waals surface area contributed by atoms with Crippen LogP contribution in [-0.4, -0.2) is 138 Å². The van der Waals surface area contributed by atoms with Crippen LogP contribution >= 0.6 is 15.2 Å². The molecule has 0 amide bonds. The first-order chi connectivity index (χ1) is 31.2. The van der Waals surface area contributed by atoms with Gasteiger partial charge in [-0.25, -0.2) is 0 Å². The molecule has 0 aliphatic carbocycles. The number of guanidine groups is 4. The van der Waals surface area contributed by atoms with Gasteiger partial charge in [-0.05, 0) is 110 Å². The molecule has 0 saturated carbocycles. The van der Waals surface area contributed by atoms with Gasteiger partial charge in [0.15, 0.2) is 23.8 Å². The van der Waals surface area contributed by atoms with Crippen molar-refractivity contribution in [3.63, 3.8) is 0 Å². The molecule has 2 unspecified atom stereocenters. The molecule has 2 atom stereocenters. The van der Waals surface area contributed by atoms with E-state index < -0.39 is 15.2 Å². The third kappa shape index (κ3) is 41.9. The van der Waals surface area contributed by atoms with E-state index in [1.54, 1.807) is 0 Å². The predicted octanol–water partition coefficient (Wildman–Crippen LogP) is 4.92. The first kappa shape index (κ1) is 61.8. The zero-order chi connectivity index (χ0) is 48.3. The smallest absolute Gasteiger partial charge is 0.331 e. The second-order valence-corrected chi connectivity index (χ2v) is 20.3. The molecule has 0 fully saturated rings. The molecule has 0 spiro atoms. The summed E-state index contributed by atoms with van der Waals surface area (Å²) in [7, 11) is -6.93. The lowest BCUT2D eigenvalue weighted by molar-refractivity contribution is 0.188. The molecule has 0 bridgehead atoms. The Bertz CT molecular complexity index is 1290. The van der Waals surface area contributed by atoms with E-state index in [0.29, 0.717) is 123 Å². The molecule has 0 saturated heterocycles. The highest BCUT2D eigenvalue weighted by atomic mass is 31.2. The number of allylic oxidation sites excluding steroid dienone is 2. The number of unbranched alkanes of at least 4 members (excludes halogenated alkanes) is 8.